The van der Waals surface area contributed by atoms with Crippen LogP contribution in [0.3, 0.4) is 0 Å². The van der Waals surface area contributed by atoms with Crippen LogP contribution in [-0.2, 0) is 13.5 Å². The Labute approximate surface area is 145 Å². The van der Waals surface area contributed by atoms with Crippen LogP contribution in [0.15, 0.2) is 30.5 Å². The van der Waals surface area contributed by atoms with Gasteiger partial charge in [0.25, 0.3) is 5.91 Å². The van der Waals surface area contributed by atoms with Crippen molar-refractivity contribution in [3.63, 3.8) is 0 Å². The Bertz CT molecular complexity index is 994. The van der Waals surface area contributed by atoms with Crippen LogP contribution in [0.25, 0.3) is 11.0 Å². The fourth-order valence-corrected chi connectivity index (χ4v) is 3.63. The zero-order chi connectivity index (χ0) is 17.7. The zero-order valence-corrected chi connectivity index (χ0v) is 14.5. The van der Waals surface area contributed by atoms with Crippen molar-refractivity contribution in [1.29, 1.82) is 0 Å². The highest BCUT2D eigenvalue weighted by Crippen LogP contribution is 2.32. The van der Waals surface area contributed by atoms with E-state index < -0.39 is 0 Å². The summed E-state index contributed by atoms with van der Waals surface area (Å²) in [6.07, 6.45) is 2.41. The second-order valence-corrected chi connectivity index (χ2v) is 6.58. The third-order valence-electron chi connectivity index (χ3n) is 4.97. The molecule has 128 valence electrons. The quantitative estimate of drug-likeness (QED) is 0.685. The molecular weight excluding hydrogens is 319 g/mol. The molecule has 0 radical (unpaired) electrons. The molecule has 1 aliphatic rings. The molecule has 1 unspecified atom stereocenters. The van der Waals surface area contributed by atoms with Gasteiger partial charge in [-0.1, -0.05) is 6.07 Å². The summed E-state index contributed by atoms with van der Waals surface area (Å²) in [6, 6.07) is 6.47. The first-order valence-corrected chi connectivity index (χ1v) is 8.34. The molecule has 5 nitrogen and oxygen atoms in total. The summed E-state index contributed by atoms with van der Waals surface area (Å²) in [6.45, 7) is 4.43. The Kier molecular flexibility index (Phi) is 3.56. The number of benzene rings is 1. The van der Waals surface area contributed by atoms with Crippen LogP contribution in [0, 0.1) is 12.7 Å². The molecule has 0 bridgehead atoms. The maximum Gasteiger partial charge on any atom is 0.255 e. The lowest BCUT2D eigenvalue weighted by molar-refractivity contribution is 0.0679. The number of rotatable bonds is 1. The van der Waals surface area contributed by atoms with E-state index >= 15 is 0 Å². The molecule has 4 rings (SSSR count). The Balaban J connectivity index is 1.77. The molecule has 1 aliphatic heterocycles. The van der Waals surface area contributed by atoms with E-state index in [-0.39, 0.29) is 17.8 Å². The van der Waals surface area contributed by atoms with Crippen LogP contribution < -0.4 is 0 Å². The van der Waals surface area contributed by atoms with Crippen molar-refractivity contribution in [2.75, 3.05) is 6.54 Å². The summed E-state index contributed by atoms with van der Waals surface area (Å²) in [4.78, 5) is 19.5. The number of carbonyl (C=O) groups is 1. The molecule has 0 saturated heterocycles. The Hall–Kier alpha value is -2.76. The number of amides is 1. The van der Waals surface area contributed by atoms with Gasteiger partial charge in [0.2, 0.25) is 0 Å². The van der Waals surface area contributed by atoms with Crippen LogP contribution in [0.5, 0.6) is 0 Å². The SMILES string of the molecule is Cc1cc(C(=O)N2CCc3ccc(F)cc3C2C)c2cnn(C)c2n1. The smallest absolute Gasteiger partial charge is 0.255 e. The molecule has 3 aromatic rings. The molecule has 1 atom stereocenters. The number of fused-ring (bicyclic) bond motifs is 2. The molecule has 1 amide bonds. The van der Waals surface area contributed by atoms with Crippen molar-refractivity contribution in [1.82, 2.24) is 19.7 Å². The molecule has 0 saturated carbocycles. The topological polar surface area (TPSA) is 51.0 Å². The van der Waals surface area contributed by atoms with E-state index in [1.807, 2.05) is 31.9 Å². The first-order chi connectivity index (χ1) is 12.0. The summed E-state index contributed by atoms with van der Waals surface area (Å²) in [5.41, 5.74) is 4.06. The third kappa shape index (κ3) is 2.49. The fourth-order valence-electron chi connectivity index (χ4n) is 3.63. The molecule has 6 heteroatoms. The van der Waals surface area contributed by atoms with Crippen LogP contribution >= 0.6 is 0 Å². The number of halogens is 1. The van der Waals surface area contributed by atoms with Crippen molar-refractivity contribution < 1.29 is 9.18 Å². The lowest BCUT2D eigenvalue weighted by Gasteiger charge is -2.35. The summed E-state index contributed by atoms with van der Waals surface area (Å²) >= 11 is 0. The van der Waals surface area contributed by atoms with Gasteiger partial charge in [0, 0.05) is 19.3 Å². The van der Waals surface area contributed by atoms with Gasteiger partial charge < -0.3 is 4.90 Å². The predicted molar refractivity (Wildman–Crippen MR) is 92.8 cm³/mol. The van der Waals surface area contributed by atoms with Gasteiger partial charge in [-0.05, 0) is 49.6 Å². The Morgan fingerprint density at radius 2 is 2.12 bits per heavy atom. The number of hydrogen-bond donors (Lipinski definition) is 0. The van der Waals surface area contributed by atoms with E-state index in [9.17, 15) is 9.18 Å². The highest BCUT2D eigenvalue weighted by Gasteiger charge is 2.30. The van der Waals surface area contributed by atoms with E-state index in [1.54, 1.807) is 16.9 Å². The first kappa shape index (κ1) is 15.7. The van der Waals surface area contributed by atoms with Crippen LogP contribution in [0.4, 0.5) is 4.39 Å². The van der Waals surface area contributed by atoms with E-state index in [4.69, 9.17) is 0 Å². The number of nitrogens with zero attached hydrogens (tertiary/aromatic N) is 4. The van der Waals surface area contributed by atoms with Crippen molar-refractivity contribution in [2.45, 2.75) is 26.3 Å². The number of aryl methyl sites for hydroxylation is 2. The van der Waals surface area contributed by atoms with Crippen LogP contribution in [0.1, 0.15) is 40.1 Å². The van der Waals surface area contributed by atoms with Gasteiger partial charge in [-0.15, -0.1) is 0 Å². The minimum absolute atomic E-state index is 0.0640. The predicted octanol–water partition coefficient (Wildman–Crippen LogP) is 3.18. The average molecular weight is 338 g/mol. The van der Waals surface area contributed by atoms with E-state index in [0.717, 1.165) is 28.6 Å². The molecule has 25 heavy (non-hydrogen) atoms. The lowest BCUT2D eigenvalue weighted by atomic mass is 9.92. The zero-order valence-electron chi connectivity index (χ0n) is 14.5. The minimum Gasteiger partial charge on any atom is -0.332 e. The monoisotopic (exact) mass is 338 g/mol. The maximum absolute atomic E-state index is 13.7. The minimum atomic E-state index is -0.269. The third-order valence-corrected chi connectivity index (χ3v) is 4.97. The van der Waals surface area contributed by atoms with Gasteiger partial charge >= 0.3 is 0 Å². The van der Waals surface area contributed by atoms with Crippen molar-refractivity contribution >= 4 is 16.9 Å². The van der Waals surface area contributed by atoms with Gasteiger partial charge in [0.1, 0.15) is 5.82 Å². The lowest BCUT2D eigenvalue weighted by Crippen LogP contribution is -2.39. The standard InChI is InChI=1S/C19H19FN4O/c1-11-8-16(17-10-21-23(3)18(17)22-11)19(25)24-7-6-13-4-5-14(20)9-15(13)12(24)2/h4-5,8-10,12H,6-7H2,1-3H3. The number of aromatic nitrogens is 3. The van der Waals surface area contributed by atoms with Crippen molar-refractivity contribution in [2.24, 2.45) is 7.05 Å². The fraction of sp³-hybridized carbons (Fsp3) is 0.316. The summed E-state index contributed by atoms with van der Waals surface area (Å²) < 4.78 is 15.3. The number of carbonyl (C=O) groups excluding carboxylic acids is 1. The van der Waals surface area contributed by atoms with Crippen LogP contribution in [0.2, 0.25) is 0 Å². The highest BCUT2D eigenvalue weighted by atomic mass is 19.1. The van der Waals surface area contributed by atoms with Gasteiger partial charge in [-0.3, -0.25) is 9.48 Å². The van der Waals surface area contributed by atoms with Crippen LogP contribution in [-0.4, -0.2) is 32.1 Å². The molecule has 1 aromatic carbocycles. The molecule has 0 fully saturated rings. The van der Waals surface area contributed by atoms with E-state index in [0.29, 0.717) is 17.8 Å². The number of pyridine rings is 1. The molecule has 0 spiro atoms. The molecule has 0 aliphatic carbocycles. The molecule has 3 heterocycles. The maximum atomic E-state index is 13.7. The van der Waals surface area contributed by atoms with Gasteiger partial charge in [0.05, 0.1) is 23.2 Å². The average Bonchev–Trinajstić information content (AvgIpc) is 2.95. The molecule has 0 N–H and O–H groups in total. The highest BCUT2D eigenvalue weighted by molar-refractivity contribution is 6.05. The van der Waals surface area contributed by atoms with Crippen molar-refractivity contribution in [3.8, 4) is 0 Å². The second kappa shape index (κ2) is 5.65. The van der Waals surface area contributed by atoms with Gasteiger partial charge in [-0.2, -0.15) is 5.10 Å². The van der Waals surface area contributed by atoms with E-state index in [2.05, 4.69) is 10.1 Å². The largest absolute Gasteiger partial charge is 0.332 e. The Morgan fingerprint density at radius 3 is 2.92 bits per heavy atom. The molecular formula is C19H19FN4O. The second-order valence-electron chi connectivity index (χ2n) is 6.58. The van der Waals surface area contributed by atoms with Gasteiger partial charge in [0.15, 0.2) is 5.65 Å². The number of hydrogen-bond acceptors (Lipinski definition) is 3. The molecule has 2 aromatic heterocycles. The normalized spacial score (nSPS) is 17.0. The van der Waals surface area contributed by atoms with Crippen molar-refractivity contribution in [3.05, 3.63) is 58.7 Å². The summed E-state index contributed by atoms with van der Waals surface area (Å²) in [5.74, 6) is -0.333. The first-order valence-electron chi connectivity index (χ1n) is 8.34. The summed E-state index contributed by atoms with van der Waals surface area (Å²) in [5, 5.41) is 4.97. The van der Waals surface area contributed by atoms with Gasteiger partial charge in [-0.25, -0.2) is 9.37 Å². The summed E-state index contributed by atoms with van der Waals surface area (Å²) in [7, 11) is 1.81. The Morgan fingerprint density at radius 1 is 1.32 bits per heavy atom. The van der Waals surface area contributed by atoms with E-state index in [1.165, 1.54) is 12.1 Å².